The summed E-state index contributed by atoms with van der Waals surface area (Å²) in [6.45, 7) is 1.77. The molecule has 0 fully saturated rings. The Morgan fingerprint density at radius 2 is 2.05 bits per heavy atom. The highest BCUT2D eigenvalue weighted by Gasteiger charge is 2.20. The van der Waals surface area contributed by atoms with Crippen LogP contribution in [0, 0.1) is 0 Å². The van der Waals surface area contributed by atoms with E-state index < -0.39 is 12.1 Å². The number of furan rings is 1. The third kappa shape index (κ3) is 4.19. The van der Waals surface area contributed by atoms with Crippen molar-refractivity contribution in [1.29, 1.82) is 0 Å². The fourth-order valence-electron chi connectivity index (χ4n) is 1.64. The molecule has 1 heterocycles. The first kappa shape index (κ1) is 15.3. The lowest BCUT2D eigenvalue weighted by molar-refractivity contribution is -0.129. The number of rotatable bonds is 5. The van der Waals surface area contributed by atoms with Crippen LogP contribution in [-0.2, 0) is 16.1 Å². The molecule has 2 rings (SSSR count). The van der Waals surface area contributed by atoms with E-state index in [2.05, 4.69) is 21.2 Å². The summed E-state index contributed by atoms with van der Waals surface area (Å²) in [7, 11) is 0. The molecule has 0 saturated heterocycles. The van der Waals surface area contributed by atoms with Crippen molar-refractivity contribution >= 4 is 27.8 Å². The highest BCUT2D eigenvalue weighted by atomic mass is 79.9. The largest absolute Gasteiger partial charge is 0.467 e. The van der Waals surface area contributed by atoms with Gasteiger partial charge in [-0.3, -0.25) is 4.79 Å². The summed E-state index contributed by atoms with van der Waals surface area (Å²) in [4.78, 5) is 23.8. The third-order valence-electron chi connectivity index (χ3n) is 2.76. The van der Waals surface area contributed by atoms with Gasteiger partial charge < -0.3 is 14.5 Å². The number of carbonyl (C=O) groups excluding carboxylic acids is 2. The molecule has 1 atom stereocenters. The fraction of sp³-hybridized carbons (Fsp3) is 0.200. The van der Waals surface area contributed by atoms with Crippen LogP contribution in [0.5, 0.6) is 0 Å². The van der Waals surface area contributed by atoms with Gasteiger partial charge in [0, 0.05) is 4.47 Å². The number of nitrogens with one attached hydrogen (secondary N) is 1. The number of carbonyl (C=O) groups is 2. The van der Waals surface area contributed by atoms with Crippen LogP contribution in [0.2, 0.25) is 0 Å². The normalized spacial score (nSPS) is 11.7. The molecule has 5 nitrogen and oxygen atoms in total. The van der Waals surface area contributed by atoms with E-state index in [9.17, 15) is 9.59 Å². The molecular weight excluding hydrogens is 338 g/mol. The van der Waals surface area contributed by atoms with Gasteiger partial charge in [0.25, 0.3) is 5.91 Å². The Morgan fingerprint density at radius 3 is 2.71 bits per heavy atom. The first-order valence-corrected chi connectivity index (χ1v) is 7.13. The molecule has 0 aliphatic carbocycles. The van der Waals surface area contributed by atoms with Gasteiger partial charge in [0.05, 0.1) is 18.4 Å². The average Bonchev–Trinajstić information content (AvgIpc) is 2.98. The Bertz CT molecular complexity index is 624. The van der Waals surface area contributed by atoms with Crippen LogP contribution in [0.3, 0.4) is 0 Å². The van der Waals surface area contributed by atoms with Crippen LogP contribution < -0.4 is 5.32 Å². The second-order valence-electron chi connectivity index (χ2n) is 4.32. The number of esters is 1. The smallest absolute Gasteiger partial charge is 0.340 e. The van der Waals surface area contributed by atoms with Gasteiger partial charge in [-0.1, -0.05) is 12.1 Å². The first-order chi connectivity index (χ1) is 10.1. The lowest BCUT2D eigenvalue weighted by Gasteiger charge is -2.13. The minimum absolute atomic E-state index is 0.253. The number of amides is 1. The van der Waals surface area contributed by atoms with Gasteiger partial charge in [0.15, 0.2) is 6.10 Å². The molecule has 1 amide bonds. The SMILES string of the molecule is C[C@@H](OC(=O)c1ccccc1Br)C(=O)NCc1ccco1. The molecule has 0 aliphatic heterocycles. The Hall–Kier alpha value is -2.08. The molecule has 1 aromatic carbocycles. The number of hydrogen-bond acceptors (Lipinski definition) is 4. The Balaban J connectivity index is 1.88. The topological polar surface area (TPSA) is 68.5 Å². The maximum atomic E-state index is 12.0. The van der Waals surface area contributed by atoms with E-state index >= 15 is 0 Å². The van der Waals surface area contributed by atoms with Crippen molar-refractivity contribution < 1.29 is 18.7 Å². The zero-order valence-electron chi connectivity index (χ0n) is 11.3. The van der Waals surface area contributed by atoms with E-state index in [0.717, 1.165) is 0 Å². The van der Waals surface area contributed by atoms with Crippen molar-refractivity contribution in [2.45, 2.75) is 19.6 Å². The summed E-state index contributed by atoms with van der Waals surface area (Å²) in [5.41, 5.74) is 0.378. The van der Waals surface area contributed by atoms with E-state index in [1.54, 1.807) is 36.4 Å². The van der Waals surface area contributed by atoms with Crippen molar-refractivity contribution in [1.82, 2.24) is 5.32 Å². The number of benzene rings is 1. The molecular formula is C15H14BrNO4. The predicted octanol–water partition coefficient (Wildman–Crippen LogP) is 2.90. The van der Waals surface area contributed by atoms with Gasteiger partial charge in [-0.2, -0.15) is 0 Å². The predicted molar refractivity (Wildman–Crippen MR) is 79.6 cm³/mol. The van der Waals surface area contributed by atoms with Gasteiger partial charge >= 0.3 is 5.97 Å². The quantitative estimate of drug-likeness (QED) is 0.841. The van der Waals surface area contributed by atoms with E-state index in [0.29, 0.717) is 15.8 Å². The fourth-order valence-corrected chi connectivity index (χ4v) is 2.08. The van der Waals surface area contributed by atoms with Crippen molar-refractivity contribution in [3.8, 4) is 0 Å². The van der Waals surface area contributed by atoms with Crippen LogP contribution in [0.1, 0.15) is 23.0 Å². The molecule has 2 aromatic rings. The lowest BCUT2D eigenvalue weighted by atomic mass is 10.2. The summed E-state index contributed by atoms with van der Waals surface area (Å²) >= 11 is 3.27. The van der Waals surface area contributed by atoms with Crippen molar-refractivity contribution in [2.24, 2.45) is 0 Å². The molecule has 0 radical (unpaired) electrons. The molecule has 1 aromatic heterocycles. The standard InChI is InChI=1S/C15H14BrNO4/c1-10(14(18)17-9-11-5-4-8-20-11)21-15(19)12-6-2-3-7-13(12)16/h2-8,10H,9H2,1H3,(H,17,18)/t10-/m1/s1. The molecule has 0 aliphatic rings. The number of hydrogen-bond donors (Lipinski definition) is 1. The van der Waals surface area contributed by atoms with Gasteiger partial charge in [-0.15, -0.1) is 0 Å². The minimum atomic E-state index is -0.889. The lowest BCUT2D eigenvalue weighted by Crippen LogP contribution is -2.35. The molecule has 0 saturated carbocycles. The summed E-state index contributed by atoms with van der Waals surface area (Å²) in [6, 6.07) is 10.4. The van der Waals surface area contributed by atoms with Crippen LogP contribution in [0.4, 0.5) is 0 Å². The molecule has 21 heavy (non-hydrogen) atoms. The maximum Gasteiger partial charge on any atom is 0.340 e. The molecule has 0 bridgehead atoms. The van der Waals surface area contributed by atoms with Gasteiger partial charge in [0.1, 0.15) is 5.76 Å². The van der Waals surface area contributed by atoms with E-state index in [1.165, 1.54) is 13.2 Å². The van der Waals surface area contributed by atoms with E-state index in [4.69, 9.17) is 9.15 Å². The van der Waals surface area contributed by atoms with Crippen molar-refractivity contribution in [3.63, 3.8) is 0 Å². The zero-order chi connectivity index (χ0) is 15.2. The third-order valence-corrected chi connectivity index (χ3v) is 3.46. The van der Waals surface area contributed by atoms with Crippen LogP contribution in [0.25, 0.3) is 0 Å². The minimum Gasteiger partial charge on any atom is -0.467 e. The average molecular weight is 352 g/mol. The monoisotopic (exact) mass is 351 g/mol. The zero-order valence-corrected chi connectivity index (χ0v) is 12.9. The Morgan fingerprint density at radius 1 is 1.29 bits per heavy atom. The summed E-state index contributed by atoms with van der Waals surface area (Å²) in [6.07, 6.45) is 0.636. The highest BCUT2D eigenvalue weighted by Crippen LogP contribution is 2.17. The van der Waals surface area contributed by atoms with Crippen LogP contribution in [-0.4, -0.2) is 18.0 Å². The second-order valence-corrected chi connectivity index (χ2v) is 5.18. The Labute approximate surface area is 130 Å². The molecule has 1 N–H and O–H groups in total. The summed E-state index contributed by atoms with van der Waals surface area (Å²) in [5, 5.41) is 2.63. The van der Waals surface area contributed by atoms with Crippen molar-refractivity contribution in [3.05, 3.63) is 58.5 Å². The van der Waals surface area contributed by atoms with E-state index in [1.807, 2.05) is 0 Å². The highest BCUT2D eigenvalue weighted by molar-refractivity contribution is 9.10. The van der Waals surface area contributed by atoms with Gasteiger partial charge in [0.2, 0.25) is 0 Å². The first-order valence-electron chi connectivity index (χ1n) is 6.33. The Kier molecular flexibility index (Phi) is 5.16. The molecule has 6 heteroatoms. The van der Waals surface area contributed by atoms with E-state index in [-0.39, 0.29) is 12.5 Å². The van der Waals surface area contributed by atoms with Crippen LogP contribution in [0.15, 0.2) is 51.6 Å². The van der Waals surface area contributed by atoms with Gasteiger partial charge in [-0.25, -0.2) is 4.79 Å². The van der Waals surface area contributed by atoms with Crippen molar-refractivity contribution in [2.75, 3.05) is 0 Å². The molecule has 110 valence electrons. The molecule has 0 unspecified atom stereocenters. The summed E-state index contributed by atoms with van der Waals surface area (Å²) < 4.78 is 10.9. The number of ether oxygens (including phenoxy) is 1. The molecule has 0 spiro atoms. The number of halogens is 1. The second kappa shape index (κ2) is 7.08. The maximum absolute atomic E-state index is 12.0. The van der Waals surface area contributed by atoms with Gasteiger partial charge in [-0.05, 0) is 47.1 Å². The van der Waals surface area contributed by atoms with Crippen LogP contribution >= 0.6 is 15.9 Å². The summed E-state index contributed by atoms with van der Waals surface area (Å²) in [5.74, 6) is -0.303.